The lowest BCUT2D eigenvalue weighted by Crippen LogP contribution is -2.17. The van der Waals surface area contributed by atoms with E-state index < -0.39 is 17.5 Å². The first-order valence-corrected chi connectivity index (χ1v) is 7.32. The Morgan fingerprint density at radius 1 is 1.42 bits per heavy atom. The third kappa shape index (κ3) is 3.58. The lowest BCUT2D eigenvalue weighted by molar-refractivity contribution is 0.590. The third-order valence-electron chi connectivity index (χ3n) is 3.25. The second-order valence-electron chi connectivity index (χ2n) is 5.19. The molecule has 128 valence electrons. The minimum Gasteiger partial charge on any atom is -0.397 e. The number of nitrogens with one attached hydrogen (secondary N) is 2. The van der Waals surface area contributed by atoms with Crippen molar-refractivity contribution >= 4 is 16.6 Å². The lowest BCUT2D eigenvalue weighted by atomic mass is 10.1. The number of halogens is 3. The maximum atomic E-state index is 14.1. The largest absolute Gasteiger partial charge is 0.397 e. The van der Waals surface area contributed by atoms with E-state index in [1.165, 1.54) is 0 Å². The fourth-order valence-corrected chi connectivity index (χ4v) is 2.10. The molecule has 2 aromatic rings. The molecule has 4 N–H and O–H groups in total. The summed E-state index contributed by atoms with van der Waals surface area (Å²) in [4.78, 5) is 4.14. The summed E-state index contributed by atoms with van der Waals surface area (Å²) in [5.41, 5.74) is 5.67. The predicted octanol–water partition coefficient (Wildman–Crippen LogP) is 3.26. The van der Waals surface area contributed by atoms with Crippen molar-refractivity contribution < 1.29 is 13.2 Å². The number of H-pyrrole nitrogens is 1. The first kappa shape index (κ1) is 17.6. The predicted molar refractivity (Wildman–Crippen MR) is 88.0 cm³/mol. The molecule has 1 aromatic heterocycles. The van der Waals surface area contributed by atoms with Crippen LogP contribution in [0.5, 0.6) is 0 Å². The van der Waals surface area contributed by atoms with Crippen molar-refractivity contribution in [1.82, 2.24) is 15.5 Å². The topological polar surface area (TPSA) is 79.1 Å². The SMILES string of the molecule is C=C(N)/C(F)=C(\N=C(C)c1[nH]nc2c(F)cc(F)cc12)NCCC. The van der Waals surface area contributed by atoms with E-state index in [0.29, 0.717) is 6.54 Å². The van der Waals surface area contributed by atoms with Gasteiger partial charge in [0.2, 0.25) is 0 Å². The van der Waals surface area contributed by atoms with Gasteiger partial charge in [-0.05, 0) is 19.4 Å². The van der Waals surface area contributed by atoms with Crippen LogP contribution in [-0.4, -0.2) is 22.5 Å². The summed E-state index contributed by atoms with van der Waals surface area (Å²) in [6, 6.07) is 1.88. The Bertz CT molecular complexity index is 836. The Morgan fingerprint density at radius 3 is 2.75 bits per heavy atom. The number of hydrogen-bond donors (Lipinski definition) is 3. The standard InChI is InChI=1S/C16H18F3N5/c1-4-5-21-16(13(19)8(2)20)22-9(3)14-11-6-10(17)7-12(18)15(11)24-23-14/h6-7,21H,2,4-5,20H2,1,3H3,(H,23,24)/b16-13+,22-9?. The normalized spacial score (nSPS) is 13.1. The molecule has 0 saturated carbocycles. The van der Waals surface area contributed by atoms with Crippen molar-refractivity contribution in [3.63, 3.8) is 0 Å². The lowest BCUT2D eigenvalue weighted by Gasteiger charge is -2.09. The monoisotopic (exact) mass is 337 g/mol. The quantitative estimate of drug-likeness (QED) is 0.559. The number of benzene rings is 1. The van der Waals surface area contributed by atoms with Gasteiger partial charge in [0, 0.05) is 18.0 Å². The summed E-state index contributed by atoms with van der Waals surface area (Å²) in [6.45, 7) is 7.29. The maximum Gasteiger partial charge on any atom is 0.187 e. The molecule has 0 aliphatic heterocycles. The van der Waals surface area contributed by atoms with Gasteiger partial charge in [-0.25, -0.2) is 18.2 Å². The van der Waals surface area contributed by atoms with Crippen molar-refractivity contribution in [3.8, 4) is 0 Å². The highest BCUT2D eigenvalue weighted by Crippen LogP contribution is 2.22. The van der Waals surface area contributed by atoms with Gasteiger partial charge in [-0.2, -0.15) is 5.10 Å². The van der Waals surface area contributed by atoms with Gasteiger partial charge in [0.15, 0.2) is 17.5 Å². The summed E-state index contributed by atoms with van der Waals surface area (Å²) in [5.74, 6) is -2.41. The van der Waals surface area contributed by atoms with E-state index in [4.69, 9.17) is 5.73 Å². The van der Waals surface area contributed by atoms with Gasteiger partial charge in [-0.3, -0.25) is 5.10 Å². The molecule has 0 fully saturated rings. The zero-order valence-corrected chi connectivity index (χ0v) is 13.4. The van der Waals surface area contributed by atoms with Crippen LogP contribution >= 0.6 is 0 Å². The van der Waals surface area contributed by atoms with Crippen LogP contribution in [0, 0.1) is 11.6 Å². The molecule has 0 spiro atoms. The molecule has 1 aromatic carbocycles. The molecule has 0 bridgehead atoms. The number of fused-ring (bicyclic) bond motifs is 1. The highest BCUT2D eigenvalue weighted by atomic mass is 19.1. The molecule has 0 aliphatic rings. The molecular formula is C16H18F3N5. The summed E-state index contributed by atoms with van der Waals surface area (Å²) in [7, 11) is 0. The highest BCUT2D eigenvalue weighted by molar-refractivity contribution is 6.08. The molecule has 0 unspecified atom stereocenters. The van der Waals surface area contributed by atoms with Crippen molar-refractivity contribution in [2.45, 2.75) is 20.3 Å². The fourth-order valence-electron chi connectivity index (χ4n) is 2.10. The Balaban J connectivity index is 2.52. The molecule has 0 radical (unpaired) electrons. The first-order chi connectivity index (χ1) is 11.3. The van der Waals surface area contributed by atoms with Gasteiger partial charge < -0.3 is 11.1 Å². The molecular weight excluding hydrogens is 319 g/mol. The number of allylic oxidation sites excluding steroid dienone is 1. The van der Waals surface area contributed by atoms with E-state index in [2.05, 4.69) is 27.1 Å². The molecule has 0 aliphatic carbocycles. The van der Waals surface area contributed by atoms with Gasteiger partial charge in [0.1, 0.15) is 11.3 Å². The van der Waals surface area contributed by atoms with Crippen LogP contribution < -0.4 is 11.1 Å². The molecule has 0 amide bonds. The van der Waals surface area contributed by atoms with Crippen molar-refractivity contribution in [2.75, 3.05) is 6.54 Å². The summed E-state index contributed by atoms with van der Waals surface area (Å²) >= 11 is 0. The Hall–Kier alpha value is -2.77. The highest BCUT2D eigenvalue weighted by Gasteiger charge is 2.15. The Morgan fingerprint density at radius 2 is 2.12 bits per heavy atom. The average Bonchev–Trinajstić information content (AvgIpc) is 2.94. The minimum absolute atomic E-state index is 0.0169. The first-order valence-electron chi connectivity index (χ1n) is 7.32. The van der Waals surface area contributed by atoms with Gasteiger partial charge in [-0.1, -0.05) is 13.5 Å². The molecule has 24 heavy (non-hydrogen) atoms. The number of nitrogens with two attached hydrogens (primary N) is 1. The summed E-state index contributed by atoms with van der Waals surface area (Å²) < 4.78 is 41.3. The van der Waals surface area contributed by atoms with Crippen LogP contribution in [0.1, 0.15) is 26.0 Å². The fraction of sp³-hybridized carbons (Fsp3) is 0.250. The van der Waals surface area contributed by atoms with E-state index in [1.54, 1.807) is 6.92 Å². The number of rotatable bonds is 6. The number of aliphatic imine (C=N–C) groups is 1. The van der Waals surface area contributed by atoms with Crippen LogP contribution in [0.4, 0.5) is 13.2 Å². The van der Waals surface area contributed by atoms with E-state index in [9.17, 15) is 13.2 Å². The summed E-state index contributed by atoms with van der Waals surface area (Å²) in [5, 5.41) is 9.43. The maximum absolute atomic E-state index is 14.1. The smallest absolute Gasteiger partial charge is 0.187 e. The van der Waals surface area contributed by atoms with Crippen LogP contribution in [-0.2, 0) is 0 Å². The van der Waals surface area contributed by atoms with E-state index in [1.807, 2.05) is 6.92 Å². The number of aromatic nitrogens is 2. The summed E-state index contributed by atoms with van der Waals surface area (Å²) in [6.07, 6.45) is 0.742. The minimum atomic E-state index is -0.790. The Labute approximate surface area is 137 Å². The van der Waals surface area contributed by atoms with Gasteiger partial charge in [-0.15, -0.1) is 0 Å². The van der Waals surface area contributed by atoms with E-state index in [-0.39, 0.29) is 33.8 Å². The molecule has 0 atom stereocenters. The molecule has 5 nitrogen and oxygen atoms in total. The van der Waals surface area contributed by atoms with Crippen LogP contribution in [0.25, 0.3) is 10.9 Å². The molecule has 1 heterocycles. The molecule has 8 heteroatoms. The van der Waals surface area contributed by atoms with Crippen LogP contribution in [0.3, 0.4) is 0 Å². The van der Waals surface area contributed by atoms with Crippen molar-refractivity contribution in [2.24, 2.45) is 10.7 Å². The second kappa shape index (κ2) is 7.20. The zero-order chi connectivity index (χ0) is 17.9. The van der Waals surface area contributed by atoms with Crippen LogP contribution in [0.2, 0.25) is 0 Å². The number of nitrogens with zero attached hydrogens (tertiary/aromatic N) is 2. The number of aromatic amines is 1. The average molecular weight is 337 g/mol. The molecule has 0 saturated heterocycles. The zero-order valence-electron chi connectivity index (χ0n) is 13.4. The van der Waals surface area contributed by atoms with Crippen molar-refractivity contribution in [1.29, 1.82) is 0 Å². The van der Waals surface area contributed by atoms with Crippen LogP contribution in [0.15, 0.2) is 41.0 Å². The van der Waals surface area contributed by atoms with Crippen molar-refractivity contribution in [3.05, 3.63) is 53.4 Å². The van der Waals surface area contributed by atoms with E-state index >= 15 is 0 Å². The third-order valence-corrected chi connectivity index (χ3v) is 3.25. The molecule has 2 rings (SSSR count). The van der Waals surface area contributed by atoms with Gasteiger partial charge in [0.05, 0.1) is 17.1 Å². The van der Waals surface area contributed by atoms with Gasteiger partial charge >= 0.3 is 0 Å². The van der Waals surface area contributed by atoms with E-state index in [0.717, 1.165) is 18.6 Å². The number of hydrogen-bond acceptors (Lipinski definition) is 4. The second-order valence-corrected chi connectivity index (χ2v) is 5.19. The van der Waals surface area contributed by atoms with Gasteiger partial charge in [0.25, 0.3) is 0 Å². The Kier molecular flexibility index (Phi) is 5.28.